The molecule has 1 fully saturated rings. The van der Waals surface area contributed by atoms with Crippen molar-refractivity contribution in [1.82, 2.24) is 4.90 Å². The number of ether oxygens (including phenoxy) is 1. The molecular weight excluding hydrogens is 172 g/mol. The molecule has 5 nitrogen and oxygen atoms in total. The Kier molecular flexibility index (Phi) is 2.77. The van der Waals surface area contributed by atoms with E-state index < -0.39 is 11.7 Å². The summed E-state index contributed by atoms with van der Waals surface area (Å²) >= 11 is 0. The highest BCUT2D eigenvalue weighted by atomic mass is 16.5. The van der Waals surface area contributed by atoms with Gasteiger partial charge >= 0.3 is 6.09 Å². The first-order chi connectivity index (χ1) is 5.94. The minimum atomic E-state index is -0.908. The van der Waals surface area contributed by atoms with Crippen LogP contribution in [-0.2, 0) is 4.74 Å². The molecule has 1 amide bonds. The van der Waals surface area contributed by atoms with E-state index >= 15 is 0 Å². The molecule has 0 aliphatic carbocycles. The summed E-state index contributed by atoms with van der Waals surface area (Å²) in [6.07, 6.45) is -1.09. The molecule has 0 aromatic rings. The molecule has 5 heteroatoms. The normalized spacial score (nSPS) is 27.3. The summed E-state index contributed by atoms with van der Waals surface area (Å²) < 4.78 is 5.57. The number of rotatable bonds is 1. The quantitative estimate of drug-likeness (QED) is 0.612. The first kappa shape index (κ1) is 10.3. The van der Waals surface area contributed by atoms with Crippen LogP contribution >= 0.6 is 0 Å². The molecule has 3 N–H and O–H groups in total. The maximum Gasteiger partial charge on any atom is 0.407 e. The number of hydrogen-bond acceptors (Lipinski definition) is 3. The van der Waals surface area contributed by atoms with E-state index in [2.05, 4.69) is 0 Å². The fraction of sp³-hybridized carbons (Fsp3) is 0.875. The van der Waals surface area contributed by atoms with Crippen molar-refractivity contribution in [1.29, 1.82) is 0 Å². The third-order valence-electron chi connectivity index (χ3n) is 2.01. The van der Waals surface area contributed by atoms with Crippen LogP contribution in [0.5, 0.6) is 0 Å². The van der Waals surface area contributed by atoms with Crippen LogP contribution in [0.3, 0.4) is 0 Å². The molecule has 0 saturated carbocycles. The zero-order valence-electron chi connectivity index (χ0n) is 7.99. The third kappa shape index (κ3) is 2.57. The lowest BCUT2D eigenvalue weighted by molar-refractivity contribution is -0.124. The van der Waals surface area contributed by atoms with Gasteiger partial charge in [-0.1, -0.05) is 0 Å². The summed E-state index contributed by atoms with van der Waals surface area (Å²) in [6, 6.07) is 0. The average molecular weight is 188 g/mol. The fourth-order valence-corrected chi connectivity index (χ4v) is 1.56. The first-order valence-electron chi connectivity index (χ1n) is 4.30. The highest BCUT2D eigenvalue weighted by Gasteiger charge is 2.34. The molecule has 1 atom stereocenters. The summed E-state index contributed by atoms with van der Waals surface area (Å²) in [5.74, 6) is 0. The van der Waals surface area contributed by atoms with Gasteiger partial charge in [0, 0.05) is 6.54 Å². The number of hydrogen-bond donors (Lipinski definition) is 2. The van der Waals surface area contributed by atoms with Gasteiger partial charge in [0.1, 0.15) is 0 Å². The molecule has 1 rings (SSSR count). The fourth-order valence-electron chi connectivity index (χ4n) is 1.56. The van der Waals surface area contributed by atoms with Gasteiger partial charge in [-0.2, -0.15) is 0 Å². The van der Waals surface area contributed by atoms with Gasteiger partial charge in [-0.15, -0.1) is 0 Å². The molecule has 0 bridgehead atoms. The number of nitrogens with two attached hydrogens (primary N) is 1. The second-order valence-electron chi connectivity index (χ2n) is 3.90. The van der Waals surface area contributed by atoms with Gasteiger partial charge in [-0.3, -0.25) is 0 Å². The zero-order valence-corrected chi connectivity index (χ0v) is 7.99. The largest absolute Gasteiger partial charge is 0.465 e. The van der Waals surface area contributed by atoms with Gasteiger partial charge in [-0.25, -0.2) is 4.79 Å². The summed E-state index contributed by atoms with van der Waals surface area (Å²) in [7, 11) is 0. The van der Waals surface area contributed by atoms with Gasteiger partial charge in [0.15, 0.2) is 0 Å². The second kappa shape index (κ2) is 3.51. The molecule has 0 spiro atoms. The molecule has 1 saturated heterocycles. The average Bonchev–Trinajstić information content (AvgIpc) is 2.01. The minimum Gasteiger partial charge on any atom is -0.465 e. The van der Waals surface area contributed by atoms with Gasteiger partial charge in [0.25, 0.3) is 0 Å². The molecule has 1 aliphatic heterocycles. The Morgan fingerprint density at radius 1 is 1.77 bits per heavy atom. The van der Waals surface area contributed by atoms with Crippen molar-refractivity contribution in [2.24, 2.45) is 5.73 Å². The smallest absolute Gasteiger partial charge is 0.407 e. The maximum atomic E-state index is 10.7. The summed E-state index contributed by atoms with van der Waals surface area (Å²) in [4.78, 5) is 12.1. The molecule has 13 heavy (non-hydrogen) atoms. The predicted molar refractivity (Wildman–Crippen MR) is 47.6 cm³/mol. The molecule has 0 aromatic carbocycles. The third-order valence-corrected chi connectivity index (χ3v) is 2.01. The minimum absolute atomic E-state index is 0.181. The number of amides is 1. The predicted octanol–water partition coefficient (Wildman–Crippen LogP) is 0.103. The number of morpholine rings is 1. The van der Waals surface area contributed by atoms with Crippen LogP contribution in [0, 0.1) is 0 Å². The Labute approximate surface area is 77.5 Å². The SMILES string of the molecule is CC1(C)CN(C(=O)O)C[C@H](CN)O1. The van der Waals surface area contributed by atoms with Crippen LogP contribution in [0.15, 0.2) is 0 Å². The van der Waals surface area contributed by atoms with Gasteiger partial charge in [0.05, 0.1) is 24.8 Å². The van der Waals surface area contributed by atoms with E-state index in [1.54, 1.807) is 0 Å². The Morgan fingerprint density at radius 3 is 2.85 bits per heavy atom. The van der Waals surface area contributed by atoms with Crippen LogP contribution in [0.4, 0.5) is 4.79 Å². The highest BCUT2D eigenvalue weighted by molar-refractivity contribution is 5.65. The Bertz CT molecular complexity index is 206. The highest BCUT2D eigenvalue weighted by Crippen LogP contribution is 2.20. The molecule has 76 valence electrons. The van der Waals surface area contributed by atoms with Crippen molar-refractivity contribution < 1.29 is 14.6 Å². The Balaban J connectivity index is 2.65. The first-order valence-corrected chi connectivity index (χ1v) is 4.30. The van der Waals surface area contributed by atoms with Crippen LogP contribution in [-0.4, -0.2) is 47.4 Å². The number of nitrogens with zero attached hydrogens (tertiary/aromatic N) is 1. The van der Waals surface area contributed by atoms with Crippen molar-refractivity contribution in [2.75, 3.05) is 19.6 Å². The van der Waals surface area contributed by atoms with Crippen molar-refractivity contribution in [3.8, 4) is 0 Å². The summed E-state index contributed by atoms with van der Waals surface area (Å²) in [5.41, 5.74) is 5.01. The van der Waals surface area contributed by atoms with Crippen LogP contribution in [0.25, 0.3) is 0 Å². The second-order valence-corrected chi connectivity index (χ2v) is 3.90. The Morgan fingerprint density at radius 2 is 2.38 bits per heavy atom. The van der Waals surface area contributed by atoms with E-state index in [4.69, 9.17) is 15.6 Å². The summed E-state index contributed by atoms with van der Waals surface area (Å²) in [6.45, 7) is 4.86. The standard InChI is InChI=1S/C8H16N2O3/c1-8(2)5-10(7(11)12)4-6(3-9)13-8/h6H,3-5,9H2,1-2H3,(H,11,12)/t6-/m0/s1. The van der Waals surface area contributed by atoms with Crippen molar-refractivity contribution in [2.45, 2.75) is 25.6 Å². The van der Waals surface area contributed by atoms with E-state index in [1.807, 2.05) is 13.8 Å². The molecule has 1 aliphatic rings. The van der Waals surface area contributed by atoms with Gasteiger partial charge in [-0.05, 0) is 13.8 Å². The van der Waals surface area contributed by atoms with E-state index in [0.717, 1.165) is 0 Å². The topological polar surface area (TPSA) is 75.8 Å². The number of carbonyl (C=O) groups is 1. The Hall–Kier alpha value is -0.810. The number of carboxylic acid groups (broad SMARTS) is 1. The van der Waals surface area contributed by atoms with Crippen molar-refractivity contribution in [3.05, 3.63) is 0 Å². The molecule has 0 unspecified atom stereocenters. The zero-order chi connectivity index (χ0) is 10.1. The lowest BCUT2D eigenvalue weighted by Crippen LogP contribution is -2.56. The lowest BCUT2D eigenvalue weighted by atomic mass is 10.1. The van der Waals surface area contributed by atoms with E-state index in [1.165, 1.54) is 4.90 Å². The van der Waals surface area contributed by atoms with Gasteiger partial charge < -0.3 is 20.5 Å². The maximum absolute atomic E-state index is 10.7. The van der Waals surface area contributed by atoms with Crippen molar-refractivity contribution >= 4 is 6.09 Å². The van der Waals surface area contributed by atoms with Gasteiger partial charge in [0.2, 0.25) is 0 Å². The van der Waals surface area contributed by atoms with E-state index in [9.17, 15) is 4.79 Å². The van der Waals surface area contributed by atoms with Crippen LogP contribution in [0.1, 0.15) is 13.8 Å². The molecule has 1 heterocycles. The van der Waals surface area contributed by atoms with Crippen LogP contribution in [0.2, 0.25) is 0 Å². The molecule has 0 aromatic heterocycles. The lowest BCUT2D eigenvalue weighted by Gasteiger charge is -2.41. The molecular formula is C8H16N2O3. The molecule has 0 radical (unpaired) electrons. The van der Waals surface area contributed by atoms with E-state index in [-0.39, 0.29) is 6.10 Å². The van der Waals surface area contributed by atoms with Crippen molar-refractivity contribution in [3.63, 3.8) is 0 Å². The van der Waals surface area contributed by atoms with Crippen LogP contribution < -0.4 is 5.73 Å². The summed E-state index contributed by atoms with van der Waals surface area (Å²) in [5, 5.41) is 8.81. The monoisotopic (exact) mass is 188 g/mol. The van der Waals surface area contributed by atoms with E-state index in [0.29, 0.717) is 19.6 Å².